The van der Waals surface area contributed by atoms with Gasteiger partial charge < -0.3 is 0 Å². The Morgan fingerprint density at radius 2 is 1.39 bits per heavy atom. The Morgan fingerprint density at radius 1 is 0.889 bits per heavy atom. The fourth-order valence-electron chi connectivity index (χ4n) is 1.66. The monoisotopic (exact) mass is 252 g/mol. The highest BCUT2D eigenvalue weighted by molar-refractivity contribution is 5.55. The molecule has 0 saturated carbocycles. The van der Waals surface area contributed by atoms with E-state index in [0.717, 1.165) is 23.5 Å². The first-order chi connectivity index (χ1) is 8.36. The molecule has 0 N–H and O–H groups in total. The number of alkyl halides is 3. The maximum Gasteiger partial charge on any atom is 0.416 e. The summed E-state index contributed by atoms with van der Waals surface area (Å²) >= 11 is 0. The van der Waals surface area contributed by atoms with Crippen molar-refractivity contribution in [2.24, 2.45) is 0 Å². The number of halogens is 3. The normalized spacial score (nSPS) is 11.6. The van der Waals surface area contributed by atoms with Gasteiger partial charge >= 0.3 is 6.18 Å². The van der Waals surface area contributed by atoms with Crippen LogP contribution in [-0.2, 0) is 6.18 Å². The Hall–Kier alpha value is -1.91. The minimum absolute atomic E-state index is 0.446. The largest absolute Gasteiger partial charge is 0.416 e. The van der Waals surface area contributed by atoms with Crippen LogP contribution in [0.5, 0.6) is 0 Å². The van der Waals surface area contributed by atoms with Crippen LogP contribution in [0, 0.1) is 13.8 Å². The summed E-state index contributed by atoms with van der Waals surface area (Å²) < 4.78 is 37.3. The Balaban J connectivity index is 2.40. The Labute approximate surface area is 103 Å². The maximum absolute atomic E-state index is 12.4. The molecule has 0 fully saturated rings. The van der Waals surface area contributed by atoms with Crippen LogP contribution in [0.15, 0.2) is 30.3 Å². The maximum atomic E-state index is 12.4. The molecule has 2 rings (SSSR count). The molecule has 0 spiro atoms. The lowest BCUT2D eigenvalue weighted by Gasteiger charge is -2.07. The minimum atomic E-state index is -4.32. The van der Waals surface area contributed by atoms with Crippen molar-refractivity contribution in [1.29, 1.82) is 0 Å². The average molecular weight is 252 g/mol. The van der Waals surface area contributed by atoms with Gasteiger partial charge in [0.05, 0.1) is 5.56 Å². The summed E-state index contributed by atoms with van der Waals surface area (Å²) in [6.45, 7) is 3.64. The van der Waals surface area contributed by atoms with Crippen LogP contribution in [0.25, 0.3) is 11.4 Å². The highest BCUT2D eigenvalue weighted by Crippen LogP contribution is 2.30. The van der Waals surface area contributed by atoms with Gasteiger partial charge in [0.2, 0.25) is 0 Å². The molecular formula is C13H11F3N2. The number of nitrogens with zero attached hydrogens (tertiary/aromatic N) is 2. The Kier molecular flexibility index (Phi) is 3.07. The fraction of sp³-hybridized carbons (Fsp3) is 0.231. The van der Waals surface area contributed by atoms with Crippen molar-refractivity contribution in [2.75, 3.05) is 0 Å². The standard InChI is InChI=1S/C13H11F3N2/c1-8-7-9(2)18-12(17-8)10-3-5-11(6-4-10)13(14,15)16/h3-7H,1-2H3. The molecule has 94 valence electrons. The van der Waals surface area contributed by atoms with Gasteiger partial charge in [-0.1, -0.05) is 12.1 Å². The molecule has 1 aromatic heterocycles. The molecule has 0 aliphatic rings. The molecule has 18 heavy (non-hydrogen) atoms. The van der Waals surface area contributed by atoms with Crippen molar-refractivity contribution >= 4 is 0 Å². The fourth-order valence-corrected chi connectivity index (χ4v) is 1.66. The van der Waals surface area contributed by atoms with E-state index in [1.54, 1.807) is 0 Å². The number of hydrogen-bond donors (Lipinski definition) is 0. The predicted octanol–water partition coefficient (Wildman–Crippen LogP) is 3.78. The number of hydrogen-bond acceptors (Lipinski definition) is 2. The number of benzene rings is 1. The third-order valence-corrected chi connectivity index (χ3v) is 2.45. The first kappa shape index (κ1) is 12.5. The molecule has 0 bridgehead atoms. The molecule has 0 amide bonds. The number of aromatic nitrogens is 2. The predicted molar refractivity (Wildman–Crippen MR) is 61.9 cm³/mol. The van der Waals surface area contributed by atoms with Crippen LogP contribution >= 0.6 is 0 Å². The van der Waals surface area contributed by atoms with Gasteiger partial charge in [-0.25, -0.2) is 9.97 Å². The summed E-state index contributed by atoms with van der Waals surface area (Å²) in [5, 5.41) is 0. The molecule has 2 nitrogen and oxygen atoms in total. The van der Waals surface area contributed by atoms with E-state index in [0.29, 0.717) is 11.4 Å². The van der Waals surface area contributed by atoms with Gasteiger partial charge in [-0.05, 0) is 32.0 Å². The number of rotatable bonds is 1. The lowest BCUT2D eigenvalue weighted by Crippen LogP contribution is -2.04. The van der Waals surface area contributed by atoms with Crippen LogP contribution in [0.2, 0.25) is 0 Å². The van der Waals surface area contributed by atoms with Crippen molar-refractivity contribution in [1.82, 2.24) is 9.97 Å². The second kappa shape index (κ2) is 4.40. The third-order valence-electron chi connectivity index (χ3n) is 2.45. The summed E-state index contributed by atoms with van der Waals surface area (Å²) in [5.74, 6) is 0.446. The molecule has 0 unspecified atom stereocenters. The first-order valence-corrected chi connectivity index (χ1v) is 5.36. The van der Waals surface area contributed by atoms with Gasteiger partial charge in [0, 0.05) is 17.0 Å². The average Bonchev–Trinajstić information content (AvgIpc) is 2.27. The number of aryl methyl sites for hydroxylation is 2. The van der Waals surface area contributed by atoms with Gasteiger partial charge in [0.25, 0.3) is 0 Å². The van der Waals surface area contributed by atoms with Crippen molar-refractivity contribution in [2.45, 2.75) is 20.0 Å². The summed E-state index contributed by atoms with van der Waals surface area (Å²) in [7, 11) is 0. The van der Waals surface area contributed by atoms with Crippen molar-refractivity contribution in [3.05, 3.63) is 47.3 Å². The van der Waals surface area contributed by atoms with Crippen LogP contribution in [-0.4, -0.2) is 9.97 Å². The lowest BCUT2D eigenvalue weighted by atomic mass is 10.1. The van der Waals surface area contributed by atoms with Crippen LogP contribution in [0.1, 0.15) is 17.0 Å². The topological polar surface area (TPSA) is 25.8 Å². The quantitative estimate of drug-likeness (QED) is 0.771. The Bertz CT molecular complexity index is 539. The van der Waals surface area contributed by atoms with Crippen molar-refractivity contribution in [3.8, 4) is 11.4 Å². The summed E-state index contributed by atoms with van der Waals surface area (Å²) in [5.41, 5.74) is 1.49. The molecule has 1 heterocycles. The molecule has 1 aromatic carbocycles. The highest BCUT2D eigenvalue weighted by Gasteiger charge is 2.30. The van der Waals surface area contributed by atoms with Crippen LogP contribution < -0.4 is 0 Å². The Morgan fingerprint density at radius 3 is 1.83 bits per heavy atom. The third kappa shape index (κ3) is 2.67. The van der Waals surface area contributed by atoms with Gasteiger partial charge in [0.1, 0.15) is 0 Å². The first-order valence-electron chi connectivity index (χ1n) is 5.36. The van der Waals surface area contributed by atoms with Gasteiger partial charge in [-0.2, -0.15) is 13.2 Å². The molecule has 0 atom stereocenters. The van der Waals surface area contributed by atoms with Crippen molar-refractivity contribution < 1.29 is 13.2 Å². The highest BCUT2D eigenvalue weighted by atomic mass is 19.4. The van der Waals surface area contributed by atoms with E-state index < -0.39 is 11.7 Å². The second-order valence-corrected chi connectivity index (χ2v) is 4.05. The van der Waals surface area contributed by atoms with Crippen LogP contribution in [0.3, 0.4) is 0 Å². The molecular weight excluding hydrogens is 241 g/mol. The van der Waals surface area contributed by atoms with Crippen molar-refractivity contribution in [3.63, 3.8) is 0 Å². The van der Waals surface area contributed by atoms with Gasteiger partial charge in [0.15, 0.2) is 5.82 Å². The van der Waals surface area contributed by atoms with Gasteiger partial charge in [-0.15, -0.1) is 0 Å². The van der Waals surface area contributed by atoms with Crippen LogP contribution in [0.4, 0.5) is 13.2 Å². The second-order valence-electron chi connectivity index (χ2n) is 4.05. The van der Waals surface area contributed by atoms with E-state index in [1.807, 2.05) is 19.9 Å². The van der Waals surface area contributed by atoms with Gasteiger partial charge in [-0.3, -0.25) is 0 Å². The summed E-state index contributed by atoms with van der Waals surface area (Å²) in [6.07, 6.45) is -4.32. The molecule has 2 aromatic rings. The SMILES string of the molecule is Cc1cc(C)nc(-c2ccc(C(F)(F)F)cc2)n1. The van der Waals surface area contributed by atoms with E-state index in [9.17, 15) is 13.2 Å². The van der Waals surface area contributed by atoms with E-state index in [4.69, 9.17) is 0 Å². The van der Waals surface area contributed by atoms with E-state index >= 15 is 0 Å². The van der Waals surface area contributed by atoms with E-state index in [2.05, 4.69) is 9.97 Å². The molecule has 0 aliphatic carbocycles. The smallest absolute Gasteiger partial charge is 0.233 e. The lowest BCUT2D eigenvalue weighted by molar-refractivity contribution is -0.137. The zero-order valence-corrected chi connectivity index (χ0v) is 9.92. The zero-order chi connectivity index (χ0) is 13.3. The van der Waals surface area contributed by atoms with E-state index in [1.165, 1.54) is 12.1 Å². The molecule has 0 saturated heterocycles. The molecule has 0 radical (unpaired) electrons. The van der Waals surface area contributed by atoms with E-state index in [-0.39, 0.29) is 0 Å². The molecule has 5 heteroatoms. The minimum Gasteiger partial charge on any atom is -0.233 e. The summed E-state index contributed by atoms with van der Waals surface area (Å²) in [6, 6.07) is 6.66. The summed E-state index contributed by atoms with van der Waals surface area (Å²) in [4.78, 5) is 8.41. The molecule has 0 aliphatic heterocycles. The zero-order valence-electron chi connectivity index (χ0n) is 9.92.